The number of carboxylic acids is 1. The van der Waals surface area contributed by atoms with E-state index in [2.05, 4.69) is 20.4 Å². The minimum absolute atomic E-state index is 0. The number of aromatic nitrogens is 4. The number of nitrogens with two attached hydrogens (primary N) is 1. The number of fused-ring (bicyclic) bond motifs is 3. The van der Waals surface area contributed by atoms with E-state index in [4.69, 9.17) is 5.73 Å². The van der Waals surface area contributed by atoms with Gasteiger partial charge < -0.3 is 16.2 Å². The molecule has 1 aromatic carbocycles. The average molecular weight is 401 g/mol. The molecule has 0 aliphatic heterocycles. The Morgan fingerprint density at radius 2 is 2.00 bits per heavy atom. The molecule has 0 spiro atoms. The first-order chi connectivity index (χ1) is 13.2. The van der Waals surface area contributed by atoms with Gasteiger partial charge in [-0.1, -0.05) is 18.2 Å². The summed E-state index contributed by atoms with van der Waals surface area (Å²) in [6, 6.07) is 9.65. The van der Waals surface area contributed by atoms with Crippen molar-refractivity contribution in [2.24, 2.45) is 5.73 Å². The van der Waals surface area contributed by atoms with Crippen molar-refractivity contribution < 1.29 is 9.90 Å². The molecular formula is C19H21ClN6O2. The van der Waals surface area contributed by atoms with Gasteiger partial charge in [0.2, 0.25) is 5.95 Å². The minimum atomic E-state index is -0.971. The number of aromatic carboxylic acids is 1. The molecule has 0 amide bonds. The lowest BCUT2D eigenvalue weighted by molar-refractivity contribution is 0.0681. The van der Waals surface area contributed by atoms with E-state index in [1.807, 2.05) is 30.3 Å². The molecule has 0 atom stereocenters. The molecule has 1 aliphatic rings. The number of anilines is 2. The van der Waals surface area contributed by atoms with Crippen LogP contribution in [-0.4, -0.2) is 37.4 Å². The summed E-state index contributed by atoms with van der Waals surface area (Å²) in [6.07, 6.45) is 3.76. The summed E-state index contributed by atoms with van der Waals surface area (Å²) < 4.78 is 1.54. The normalized spacial score (nSPS) is 11.9. The quantitative estimate of drug-likeness (QED) is 0.581. The Hall–Kier alpha value is -2.97. The zero-order valence-electron chi connectivity index (χ0n) is 15.1. The molecule has 9 heteroatoms. The molecule has 0 unspecified atom stereocenters. The highest BCUT2D eigenvalue weighted by Gasteiger charge is 2.29. The highest BCUT2D eigenvalue weighted by Crippen LogP contribution is 2.34. The lowest BCUT2D eigenvalue weighted by atomic mass is 9.93. The molecule has 8 nitrogen and oxygen atoms in total. The molecule has 1 aliphatic carbocycles. The van der Waals surface area contributed by atoms with Crippen molar-refractivity contribution in [2.75, 3.05) is 11.9 Å². The Bertz CT molecular complexity index is 990. The van der Waals surface area contributed by atoms with E-state index in [1.54, 1.807) is 10.9 Å². The second-order valence-corrected chi connectivity index (χ2v) is 6.40. The summed E-state index contributed by atoms with van der Waals surface area (Å²) in [5.41, 5.74) is 9.72. The lowest BCUT2D eigenvalue weighted by Gasteiger charge is -2.15. The van der Waals surface area contributed by atoms with Gasteiger partial charge in [-0.15, -0.1) is 12.4 Å². The molecule has 2 heterocycles. The van der Waals surface area contributed by atoms with Gasteiger partial charge in [0.1, 0.15) is 11.4 Å². The number of aryl methyl sites for hydroxylation is 2. The number of carboxylic acid groups (broad SMARTS) is 1. The highest BCUT2D eigenvalue weighted by molar-refractivity contribution is 5.90. The third kappa shape index (κ3) is 3.69. The third-order valence-electron chi connectivity index (χ3n) is 4.59. The Balaban J connectivity index is 0.00000225. The monoisotopic (exact) mass is 400 g/mol. The summed E-state index contributed by atoms with van der Waals surface area (Å²) >= 11 is 0. The zero-order valence-corrected chi connectivity index (χ0v) is 15.9. The fourth-order valence-electron chi connectivity index (χ4n) is 3.33. The summed E-state index contributed by atoms with van der Waals surface area (Å²) in [6.45, 7) is 0.953. The van der Waals surface area contributed by atoms with E-state index in [0.717, 1.165) is 16.8 Å². The Morgan fingerprint density at radius 3 is 2.71 bits per heavy atom. The Morgan fingerprint density at radius 1 is 1.21 bits per heavy atom. The van der Waals surface area contributed by atoms with Crippen LogP contribution in [0.25, 0.3) is 11.4 Å². The van der Waals surface area contributed by atoms with Crippen LogP contribution >= 0.6 is 12.4 Å². The van der Waals surface area contributed by atoms with Gasteiger partial charge in [0.25, 0.3) is 0 Å². The standard InChI is InChI=1S/C19H20N6O2.ClH/c20-9-4-10-25-17(18(26)27)14-8-7-12-11-21-19(23-15(12)16(14)24-25)22-13-5-2-1-3-6-13;/h1-3,5-6,11H,4,7-10,20H2,(H,26,27)(H,21,22,23);1H. The number of benzene rings is 1. The number of nitrogens with zero attached hydrogens (tertiary/aromatic N) is 4. The van der Waals surface area contributed by atoms with E-state index >= 15 is 0 Å². The van der Waals surface area contributed by atoms with Crippen LogP contribution in [-0.2, 0) is 19.4 Å². The van der Waals surface area contributed by atoms with Crippen LogP contribution in [0.4, 0.5) is 11.6 Å². The van der Waals surface area contributed by atoms with E-state index < -0.39 is 5.97 Å². The van der Waals surface area contributed by atoms with Gasteiger partial charge in [-0.25, -0.2) is 14.8 Å². The Labute approximate surface area is 168 Å². The largest absolute Gasteiger partial charge is 0.477 e. The second-order valence-electron chi connectivity index (χ2n) is 6.40. The van der Waals surface area contributed by atoms with Crippen LogP contribution in [0.2, 0.25) is 0 Å². The second kappa shape index (κ2) is 8.37. The zero-order chi connectivity index (χ0) is 18.8. The third-order valence-corrected chi connectivity index (χ3v) is 4.59. The molecule has 0 saturated heterocycles. The Kier molecular flexibility index (Phi) is 5.91. The number of halogens is 1. The highest BCUT2D eigenvalue weighted by atomic mass is 35.5. The van der Waals surface area contributed by atoms with Crippen LogP contribution in [0.5, 0.6) is 0 Å². The molecule has 3 aromatic rings. The SMILES string of the molecule is Cl.NCCCn1nc2c(c1C(=O)O)CCc1cnc(Nc3ccccc3)nc1-2. The van der Waals surface area contributed by atoms with Crippen molar-refractivity contribution in [1.29, 1.82) is 0 Å². The predicted octanol–water partition coefficient (Wildman–Crippen LogP) is 2.65. The fourth-order valence-corrected chi connectivity index (χ4v) is 3.33. The molecule has 4 rings (SSSR count). The maximum atomic E-state index is 11.8. The van der Waals surface area contributed by atoms with Crippen LogP contribution in [0.15, 0.2) is 36.5 Å². The van der Waals surface area contributed by atoms with Crippen molar-refractivity contribution in [2.45, 2.75) is 25.8 Å². The number of para-hydroxylation sites is 1. The first kappa shape index (κ1) is 19.8. The van der Waals surface area contributed by atoms with Gasteiger partial charge in [-0.05, 0) is 43.5 Å². The number of nitrogens with one attached hydrogen (secondary N) is 1. The molecule has 0 bridgehead atoms. The van der Waals surface area contributed by atoms with Crippen molar-refractivity contribution in [3.63, 3.8) is 0 Å². The van der Waals surface area contributed by atoms with Gasteiger partial charge in [-0.2, -0.15) is 5.10 Å². The molecular weight excluding hydrogens is 380 g/mol. The van der Waals surface area contributed by atoms with Gasteiger partial charge in [0.05, 0.1) is 5.69 Å². The number of carbonyl (C=O) groups is 1. The van der Waals surface area contributed by atoms with E-state index in [0.29, 0.717) is 49.7 Å². The lowest BCUT2D eigenvalue weighted by Crippen LogP contribution is -2.14. The van der Waals surface area contributed by atoms with Gasteiger partial charge >= 0.3 is 5.97 Å². The molecule has 146 valence electrons. The van der Waals surface area contributed by atoms with Crippen LogP contribution in [0.3, 0.4) is 0 Å². The maximum Gasteiger partial charge on any atom is 0.354 e. The van der Waals surface area contributed by atoms with Crippen LogP contribution in [0.1, 0.15) is 28.0 Å². The van der Waals surface area contributed by atoms with Crippen molar-refractivity contribution in [3.8, 4) is 11.4 Å². The fraction of sp³-hybridized carbons (Fsp3) is 0.263. The number of hydrogen-bond donors (Lipinski definition) is 3. The molecule has 28 heavy (non-hydrogen) atoms. The van der Waals surface area contributed by atoms with Gasteiger partial charge in [0.15, 0.2) is 0 Å². The minimum Gasteiger partial charge on any atom is -0.477 e. The van der Waals surface area contributed by atoms with E-state index in [1.165, 1.54) is 0 Å². The van der Waals surface area contributed by atoms with Crippen molar-refractivity contribution >= 4 is 30.0 Å². The summed E-state index contributed by atoms with van der Waals surface area (Å²) in [5, 5.41) is 17.4. The smallest absolute Gasteiger partial charge is 0.354 e. The van der Waals surface area contributed by atoms with E-state index in [-0.39, 0.29) is 18.1 Å². The average Bonchev–Trinajstić information content (AvgIpc) is 3.06. The van der Waals surface area contributed by atoms with Gasteiger partial charge in [0, 0.05) is 24.0 Å². The predicted molar refractivity (Wildman–Crippen MR) is 108 cm³/mol. The molecule has 0 radical (unpaired) electrons. The van der Waals surface area contributed by atoms with Crippen LogP contribution < -0.4 is 11.1 Å². The topological polar surface area (TPSA) is 119 Å². The molecule has 4 N–H and O–H groups in total. The first-order valence-electron chi connectivity index (χ1n) is 8.88. The number of hydrogen-bond acceptors (Lipinski definition) is 6. The summed E-state index contributed by atoms with van der Waals surface area (Å²) in [4.78, 5) is 20.8. The van der Waals surface area contributed by atoms with Crippen molar-refractivity contribution in [1.82, 2.24) is 19.7 Å². The van der Waals surface area contributed by atoms with E-state index in [9.17, 15) is 9.90 Å². The molecule has 2 aromatic heterocycles. The molecule has 0 saturated carbocycles. The first-order valence-corrected chi connectivity index (χ1v) is 8.88. The molecule has 0 fully saturated rings. The van der Waals surface area contributed by atoms with Crippen molar-refractivity contribution in [3.05, 3.63) is 53.3 Å². The maximum absolute atomic E-state index is 11.8. The van der Waals surface area contributed by atoms with Gasteiger partial charge in [-0.3, -0.25) is 4.68 Å². The number of rotatable bonds is 6. The van der Waals surface area contributed by atoms with Crippen LogP contribution in [0, 0.1) is 0 Å². The summed E-state index contributed by atoms with van der Waals surface area (Å²) in [5.74, 6) is -0.512. The summed E-state index contributed by atoms with van der Waals surface area (Å²) in [7, 11) is 0.